The number of amides is 1. The average Bonchev–Trinajstić information content (AvgIpc) is 3.11. The third kappa shape index (κ3) is 4.07. The summed E-state index contributed by atoms with van der Waals surface area (Å²) in [5.41, 5.74) is 16.6. The summed E-state index contributed by atoms with van der Waals surface area (Å²) in [6.07, 6.45) is 6.88. The van der Waals surface area contributed by atoms with Gasteiger partial charge in [0.1, 0.15) is 5.82 Å². The minimum absolute atomic E-state index is 0.288. The molecular weight excluding hydrogens is 378 g/mol. The lowest BCUT2D eigenvalue weighted by Gasteiger charge is -2.36. The second kappa shape index (κ2) is 9.09. The molecule has 4 N–H and O–H groups in total. The third-order valence-corrected chi connectivity index (χ3v) is 5.69. The van der Waals surface area contributed by atoms with Gasteiger partial charge in [-0.25, -0.2) is 10.2 Å². The van der Waals surface area contributed by atoms with Crippen LogP contribution < -0.4 is 16.6 Å². The van der Waals surface area contributed by atoms with E-state index in [2.05, 4.69) is 60.4 Å². The fourth-order valence-electron chi connectivity index (χ4n) is 4.01. The highest BCUT2D eigenvalue weighted by molar-refractivity contribution is 5.67. The highest BCUT2D eigenvalue weighted by atomic mass is 16.5. The van der Waals surface area contributed by atoms with Gasteiger partial charge in [-0.05, 0) is 37.3 Å². The van der Waals surface area contributed by atoms with Crippen molar-refractivity contribution < 1.29 is 9.53 Å². The molecule has 7 heteroatoms. The Labute approximate surface area is 178 Å². The molecule has 30 heavy (non-hydrogen) atoms. The molecule has 0 aromatic heterocycles. The van der Waals surface area contributed by atoms with Crippen molar-refractivity contribution >= 4 is 6.09 Å². The van der Waals surface area contributed by atoms with Gasteiger partial charge in [0, 0.05) is 31.8 Å². The fraction of sp³-hybridized carbons (Fsp3) is 0.348. The number of rotatable bonds is 5. The maximum atomic E-state index is 11.9. The van der Waals surface area contributed by atoms with Gasteiger partial charge in [-0.1, -0.05) is 48.6 Å². The molecule has 2 aliphatic heterocycles. The van der Waals surface area contributed by atoms with Gasteiger partial charge < -0.3 is 25.7 Å². The van der Waals surface area contributed by atoms with Gasteiger partial charge in [0.25, 0.3) is 0 Å². The van der Waals surface area contributed by atoms with Crippen molar-refractivity contribution in [3.63, 3.8) is 0 Å². The van der Waals surface area contributed by atoms with E-state index in [0.717, 1.165) is 22.5 Å². The predicted octanol–water partition coefficient (Wildman–Crippen LogP) is 2.50. The number of piperazine rings is 1. The molecule has 160 valence electrons. The van der Waals surface area contributed by atoms with E-state index in [1.54, 1.807) is 17.2 Å². The maximum absolute atomic E-state index is 11.9. The molecule has 0 aliphatic carbocycles. The number of aryl methyl sites for hydroxylation is 1. The molecule has 0 bridgehead atoms. The lowest BCUT2D eigenvalue weighted by atomic mass is 9.81. The summed E-state index contributed by atoms with van der Waals surface area (Å²) in [7, 11) is 1.41. The third-order valence-electron chi connectivity index (χ3n) is 5.69. The molecule has 1 fully saturated rings. The Bertz CT molecular complexity index is 879. The van der Waals surface area contributed by atoms with E-state index in [0.29, 0.717) is 26.2 Å². The number of carbonyl (C=O) groups is 1. The maximum Gasteiger partial charge on any atom is 0.409 e. The van der Waals surface area contributed by atoms with Gasteiger partial charge in [-0.3, -0.25) is 0 Å². The predicted molar refractivity (Wildman–Crippen MR) is 119 cm³/mol. The molecule has 1 aromatic rings. The van der Waals surface area contributed by atoms with Crippen LogP contribution in [0, 0.1) is 6.92 Å². The van der Waals surface area contributed by atoms with Crippen LogP contribution in [0.25, 0.3) is 0 Å². The summed E-state index contributed by atoms with van der Waals surface area (Å²) in [6.45, 7) is 10.7. The van der Waals surface area contributed by atoms with Crippen molar-refractivity contribution in [1.29, 1.82) is 0 Å². The van der Waals surface area contributed by atoms with Crippen LogP contribution in [0.2, 0.25) is 0 Å². The van der Waals surface area contributed by atoms with Crippen LogP contribution in [-0.4, -0.2) is 49.2 Å². The van der Waals surface area contributed by atoms with Gasteiger partial charge in [0.2, 0.25) is 0 Å². The van der Waals surface area contributed by atoms with Gasteiger partial charge >= 0.3 is 6.09 Å². The van der Waals surface area contributed by atoms with Crippen LogP contribution in [-0.2, 0) is 10.3 Å². The lowest BCUT2D eigenvalue weighted by molar-refractivity contribution is 0.0978. The van der Waals surface area contributed by atoms with Gasteiger partial charge in [0.05, 0.1) is 12.6 Å². The zero-order valence-electron chi connectivity index (χ0n) is 17.9. The number of nitrogens with two attached hydrogens (primary N) is 1. The van der Waals surface area contributed by atoms with Crippen LogP contribution in [0.5, 0.6) is 0 Å². The molecular formula is C23H31N5O2. The summed E-state index contributed by atoms with van der Waals surface area (Å²) in [5, 5.41) is 0. The number of carbonyl (C=O) groups excluding carboxylic acids is 1. The smallest absolute Gasteiger partial charge is 0.409 e. The van der Waals surface area contributed by atoms with Gasteiger partial charge in [-0.2, -0.15) is 0 Å². The highest BCUT2D eigenvalue weighted by Crippen LogP contribution is 2.40. The first-order valence-corrected chi connectivity index (χ1v) is 10.1. The minimum atomic E-state index is -0.475. The van der Waals surface area contributed by atoms with E-state index >= 15 is 0 Å². The minimum Gasteiger partial charge on any atom is -0.453 e. The number of hydrogen-bond donors (Lipinski definition) is 3. The molecule has 2 aliphatic rings. The van der Waals surface area contributed by atoms with Crippen LogP contribution in [0.3, 0.4) is 0 Å². The van der Waals surface area contributed by atoms with E-state index in [1.807, 2.05) is 12.2 Å². The first-order valence-electron chi connectivity index (χ1n) is 10.1. The molecule has 3 rings (SSSR count). The van der Waals surface area contributed by atoms with Crippen molar-refractivity contribution in [3.8, 4) is 0 Å². The Morgan fingerprint density at radius 3 is 2.47 bits per heavy atom. The largest absolute Gasteiger partial charge is 0.453 e. The number of nitrogens with one attached hydrogen (secondary N) is 2. The number of nitrogens with zero attached hydrogens (tertiary/aromatic N) is 2. The average molecular weight is 410 g/mol. The van der Waals surface area contributed by atoms with E-state index in [9.17, 15) is 4.79 Å². The molecule has 1 amide bonds. The lowest BCUT2D eigenvalue weighted by Crippen LogP contribution is -2.50. The number of allylic oxidation sites excluding steroid dienone is 3. The Kier molecular flexibility index (Phi) is 6.52. The van der Waals surface area contributed by atoms with Crippen LogP contribution in [0.15, 0.2) is 72.2 Å². The fourth-order valence-corrected chi connectivity index (χ4v) is 4.01. The first kappa shape index (κ1) is 21.5. The molecule has 1 atom stereocenters. The van der Waals surface area contributed by atoms with Crippen LogP contribution in [0.4, 0.5) is 4.79 Å². The van der Waals surface area contributed by atoms with E-state index in [4.69, 9.17) is 10.5 Å². The standard InChI is InChI=1S/C23H31N5O2/c1-5-6-18(11-12-24)20-21(27-13-15-28(16-14-27)22(29)30-4)25-26-23(20,3)19-9-7-17(2)8-10-19/h5-12,25-26H,1,13-16,24H2,2-4H3/b12-11-,18-6+. The number of benzene rings is 1. The monoisotopic (exact) mass is 409 g/mol. The van der Waals surface area contributed by atoms with Gasteiger partial charge in [0.15, 0.2) is 0 Å². The summed E-state index contributed by atoms with van der Waals surface area (Å²) in [5.74, 6) is 0.980. The Morgan fingerprint density at radius 1 is 1.23 bits per heavy atom. The van der Waals surface area contributed by atoms with E-state index in [-0.39, 0.29) is 6.09 Å². The molecule has 1 saturated heterocycles. The zero-order chi connectivity index (χ0) is 21.7. The van der Waals surface area contributed by atoms with E-state index in [1.165, 1.54) is 12.7 Å². The molecule has 7 nitrogen and oxygen atoms in total. The Balaban J connectivity index is 2.03. The first-order chi connectivity index (χ1) is 14.4. The Hall–Kier alpha value is -3.19. The molecule has 2 heterocycles. The second-order valence-electron chi connectivity index (χ2n) is 7.63. The summed E-state index contributed by atoms with van der Waals surface area (Å²) >= 11 is 0. The highest BCUT2D eigenvalue weighted by Gasteiger charge is 2.41. The van der Waals surface area contributed by atoms with Crippen molar-refractivity contribution in [1.82, 2.24) is 20.7 Å². The van der Waals surface area contributed by atoms with Crippen molar-refractivity contribution in [2.45, 2.75) is 19.4 Å². The number of hydrogen-bond acceptors (Lipinski definition) is 6. The topological polar surface area (TPSA) is 82.9 Å². The summed E-state index contributed by atoms with van der Waals surface area (Å²) < 4.78 is 4.86. The van der Waals surface area contributed by atoms with Crippen molar-refractivity contribution in [2.75, 3.05) is 33.3 Å². The number of hydrazine groups is 1. The molecule has 1 aromatic carbocycles. The zero-order valence-corrected chi connectivity index (χ0v) is 17.9. The summed E-state index contributed by atoms with van der Waals surface area (Å²) in [6, 6.07) is 8.50. The normalized spacial score (nSPS) is 22.4. The summed E-state index contributed by atoms with van der Waals surface area (Å²) in [4.78, 5) is 15.8. The SMILES string of the molecule is C=C/C=C(\C=C/N)C1=C(N2CCN(C(=O)OC)CC2)NNC1(C)c1ccc(C)cc1. The quantitative estimate of drug-likeness (QED) is 0.648. The number of methoxy groups -OCH3 is 1. The second-order valence-corrected chi connectivity index (χ2v) is 7.63. The van der Waals surface area contributed by atoms with Crippen LogP contribution >= 0.6 is 0 Å². The van der Waals surface area contributed by atoms with Gasteiger partial charge in [-0.15, -0.1) is 0 Å². The molecule has 0 radical (unpaired) electrons. The number of ether oxygens (including phenoxy) is 1. The van der Waals surface area contributed by atoms with E-state index < -0.39 is 5.54 Å². The molecule has 0 saturated carbocycles. The van der Waals surface area contributed by atoms with Crippen LogP contribution in [0.1, 0.15) is 18.1 Å². The molecule has 0 spiro atoms. The van der Waals surface area contributed by atoms with Crippen molar-refractivity contribution in [2.24, 2.45) is 5.73 Å². The van der Waals surface area contributed by atoms with Crippen molar-refractivity contribution in [3.05, 3.63) is 83.4 Å². The Morgan fingerprint density at radius 2 is 1.90 bits per heavy atom. The molecule has 1 unspecified atom stereocenters.